The fourth-order valence-electron chi connectivity index (χ4n) is 5.66. The van der Waals surface area contributed by atoms with Crippen LogP contribution in [0.25, 0.3) is 0 Å². The minimum Gasteiger partial charge on any atom is -0.342 e. The van der Waals surface area contributed by atoms with Gasteiger partial charge in [-0.15, -0.1) is 0 Å². The second kappa shape index (κ2) is 9.23. The number of piperidine rings is 1. The Balaban J connectivity index is 1.32. The summed E-state index contributed by atoms with van der Waals surface area (Å²) in [6.07, 6.45) is 12.6. The second-order valence-corrected chi connectivity index (χ2v) is 8.97. The van der Waals surface area contributed by atoms with Crippen molar-refractivity contribution in [3.63, 3.8) is 0 Å². The molecular weight excluding hydrogens is 332 g/mol. The van der Waals surface area contributed by atoms with Gasteiger partial charge in [-0.2, -0.15) is 0 Å². The van der Waals surface area contributed by atoms with E-state index in [-0.39, 0.29) is 5.92 Å². The van der Waals surface area contributed by atoms with Crippen LogP contribution in [0, 0.1) is 11.8 Å². The average Bonchev–Trinajstić information content (AvgIpc) is 3.19. The number of hydrogen-bond donors (Lipinski definition) is 0. The molecule has 148 valence electrons. The largest absolute Gasteiger partial charge is 0.342 e. The average molecular weight is 369 g/mol. The van der Waals surface area contributed by atoms with Gasteiger partial charge in [0.05, 0.1) is 0 Å². The smallest absolute Gasteiger partial charge is 0.225 e. The predicted molar refractivity (Wildman–Crippen MR) is 111 cm³/mol. The highest BCUT2D eigenvalue weighted by atomic mass is 16.2. The molecule has 3 aliphatic rings. The molecule has 3 nitrogen and oxygen atoms in total. The van der Waals surface area contributed by atoms with Crippen molar-refractivity contribution < 1.29 is 4.79 Å². The topological polar surface area (TPSA) is 23.6 Å². The van der Waals surface area contributed by atoms with Gasteiger partial charge in [0, 0.05) is 25.0 Å². The fraction of sp³-hybridized carbons (Fsp3) is 0.708. The van der Waals surface area contributed by atoms with Gasteiger partial charge < -0.3 is 9.80 Å². The molecule has 4 rings (SSSR count). The number of benzene rings is 1. The molecular formula is C24H36N2O. The van der Waals surface area contributed by atoms with E-state index in [0.717, 1.165) is 32.0 Å². The lowest BCUT2D eigenvalue weighted by Crippen LogP contribution is -2.45. The van der Waals surface area contributed by atoms with Gasteiger partial charge in [-0.05, 0) is 69.5 Å². The van der Waals surface area contributed by atoms with Crippen LogP contribution in [0.4, 0.5) is 0 Å². The maximum atomic E-state index is 13.3. The van der Waals surface area contributed by atoms with Gasteiger partial charge in [-0.25, -0.2) is 0 Å². The number of hydrogen-bond acceptors (Lipinski definition) is 2. The summed E-state index contributed by atoms with van der Waals surface area (Å²) in [7, 11) is 0. The molecule has 0 N–H and O–H groups in total. The summed E-state index contributed by atoms with van der Waals surface area (Å²) in [5.74, 6) is 1.37. The molecule has 0 radical (unpaired) electrons. The van der Waals surface area contributed by atoms with Gasteiger partial charge >= 0.3 is 0 Å². The maximum Gasteiger partial charge on any atom is 0.225 e. The van der Waals surface area contributed by atoms with Crippen molar-refractivity contribution >= 4 is 5.91 Å². The molecule has 2 heterocycles. The lowest BCUT2D eigenvalue weighted by molar-refractivity contribution is -0.137. The molecule has 3 heteroatoms. The number of nitrogens with zero attached hydrogens (tertiary/aromatic N) is 2. The van der Waals surface area contributed by atoms with E-state index in [4.69, 9.17) is 0 Å². The Morgan fingerprint density at radius 1 is 0.815 bits per heavy atom. The van der Waals surface area contributed by atoms with Crippen molar-refractivity contribution in [2.24, 2.45) is 11.8 Å². The Morgan fingerprint density at radius 3 is 2.26 bits per heavy atom. The van der Waals surface area contributed by atoms with Gasteiger partial charge in [0.1, 0.15) is 0 Å². The maximum absolute atomic E-state index is 13.3. The molecule has 0 unspecified atom stereocenters. The second-order valence-electron chi connectivity index (χ2n) is 8.97. The number of likely N-dealkylation sites (tertiary alicyclic amines) is 2. The Kier molecular flexibility index (Phi) is 6.49. The minimum absolute atomic E-state index is 0.286. The van der Waals surface area contributed by atoms with Crippen molar-refractivity contribution in [3.8, 4) is 0 Å². The first kappa shape index (κ1) is 19.0. The fourth-order valence-corrected chi connectivity index (χ4v) is 5.66. The zero-order chi connectivity index (χ0) is 18.5. The summed E-state index contributed by atoms with van der Waals surface area (Å²) < 4.78 is 0. The van der Waals surface area contributed by atoms with E-state index in [1.807, 2.05) is 0 Å². The SMILES string of the molecule is O=C1[C@@H](C2CCN(C3CCCC3)CC2)CCCCN1CCc1ccccc1. The monoisotopic (exact) mass is 368 g/mol. The van der Waals surface area contributed by atoms with Crippen molar-refractivity contribution in [2.45, 2.75) is 70.3 Å². The van der Waals surface area contributed by atoms with Gasteiger partial charge in [-0.3, -0.25) is 4.79 Å². The highest BCUT2D eigenvalue weighted by Crippen LogP contribution is 2.34. The van der Waals surface area contributed by atoms with E-state index >= 15 is 0 Å². The van der Waals surface area contributed by atoms with E-state index in [9.17, 15) is 4.79 Å². The summed E-state index contributed by atoms with van der Waals surface area (Å²) in [5.41, 5.74) is 1.34. The summed E-state index contributed by atoms with van der Waals surface area (Å²) in [6.45, 7) is 4.30. The molecule has 1 aliphatic carbocycles. The van der Waals surface area contributed by atoms with Gasteiger partial charge in [0.15, 0.2) is 0 Å². The molecule has 0 bridgehead atoms. The lowest BCUT2D eigenvalue weighted by atomic mass is 9.80. The summed E-state index contributed by atoms with van der Waals surface area (Å²) in [4.78, 5) is 18.2. The molecule has 1 amide bonds. The molecule has 1 saturated carbocycles. The third-order valence-corrected chi connectivity index (χ3v) is 7.32. The molecule has 1 aromatic carbocycles. The molecule has 27 heavy (non-hydrogen) atoms. The first-order valence-corrected chi connectivity index (χ1v) is 11.4. The van der Waals surface area contributed by atoms with E-state index in [1.54, 1.807) is 0 Å². The standard InChI is InChI=1S/C24H36N2O/c27-24-23(21-14-18-25(19-15-21)22-10-4-5-11-22)12-6-7-16-26(24)17-13-20-8-2-1-3-9-20/h1-3,8-9,21-23H,4-7,10-19H2/t23-/m1/s1. The predicted octanol–water partition coefficient (Wildman–Crippen LogP) is 4.51. The third kappa shape index (κ3) is 4.74. The zero-order valence-electron chi connectivity index (χ0n) is 16.8. The Hall–Kier alpha value is -1.35. The van der Waals surface area contributed by atoms with Crippen LogP contribution in [-0.2, 0) is 11.2 Å². The van der Waals surface area contributed by atoms with Crippen LogP contribution in [0.3, 0.4) is 0 Å². The van der Waals surface area contributed by atoms with E-state index in [2.05, 4.69) is 40.1 Å². The number of carbonyl (C=O) groups is 1. The molecule has 1 aromatic rings. The van der Waals surface area contributed by atoms with E-state index < -0.39 is 0 Å². The van der Waals surface area contributed by atoms with Crippen molar-refractivity contribution in [3.05, 3.63) is 35.9 Å². The van der Waals surface area contributed by atoms with Crippen LogP contribution in [-0.4, -0.2) is 47.9 Å². The normalized spacial score (nSPS) is 26.4. The van der Waals surface area contributed by atoms with Crippen LogP contribution in [0.1, 0.15) is 63.4 Å². The van der Waals surface area contributed by atoms with Crippen LogP contribution in [0.15, 0.2) is 30.3 Å². The van der Waals surface area contributed by atoms with Crippen LogP contribution in [0.2, 0.25) is 0 Å². The number of rotatable bonds is 5. The van der Waals surface area contributed by atoms with Gasteiger partial charge in [-0.1, -0.05) is 49.6 Å². The summed E-state index contributed by atoms with van der Waals surface area (Å²) in [5, 5.41) is 0. The molecule has 0 aromatic heterocycles. The van der Waals surface area contributed by atoms with Crippen molar-refractivity contribution in [2.75, 3.05) is 26.2 Å². The van der Waals surface area contributed by atoms with Crippen LogP contribution >= 0.6 is 0 Å². The lowest BCUT2D eigenvalue weighted by Gasteiger charge is -2.39. The Bertz CT molecular complexity index is 588. The molecule has 3 fully saturated rings. The molecule has 2 aliphatic heterocycles. The minimum atomic E-state index is 0.286. The van der Waals surface area contributed by atoms with E-state index in [1.165, 1.54) is 70.0 Å². The van der Waals surface area contributed by atoms with E-state index in [0.29, 0.717) is 11.8 Å². The zero-order valence-corrected chi connectivity index (χ0v) is 16.8. The van der Waals surface area contributed by atoms with Gasteiger partial charge in [0.2, 0.25) is 5.91 Å². The quantitative estimate of drug-likeness (QED) is 0.763. The number of amides is 1. The first-order valence-electron chi connectivity index (χ1n) is 11.4. The Labute approximate surface area is 165 Å². The van der Waals surface area contributed by atoms with Crippen LogP contribution in [0.5, 0.6) is 0 Å². The molecule has 1 atom stereocenters. The first-order chi connectivity index (χ1) is 13.3. The van der Waals surface area contributed by atoms with Crippen molar-refractivity contribution in [1.29, 1.82) is 0 Å². The Morgan fingerprint density at radius 2 is 1.52 bits per heavy atom. The molecule has 2 saturated heterocycles. The van der Waals surface area contributed by atoms with Gasteiger partial charge in [0.25, 0.3) is 0 Å². The molecule has 0 spiro atoms. The highest BCUT2D eigenvalue weighted by molar-refractivity contribution is 5.79. The summed E-state index contributed by atoms with van der Waals surface area (Å²) >= 11 is 0. The number of carbonyl (C=O) groups excluding carboxylic acids is 1. The highest BCUT2D eigenvalue weighted by Gasteiger charge is 2.36. The van der Waals surface area contributed by atoms with Crippen molar-refractivity contribution in [1.82, 2.24) is 9.80 Å². The summed E-state index contributed by atoms with van der Waals surface area (Å²) in [6, 6.07) is 11.5. The third-order valence-electron chi connectivity index (χ3n) is 7.32. The van der Waals surface area contributed by atoms with Crippen LogP contribution < -0.4 is 0 Å².